The summed E-state index contributed by atoms with van der Waals surface area (Å²) in [4.78, 5) is 5.55. The standard InChI is InChI=1S/C16H31N3/c1-2-6-15(7-3-1)16(19-10-4-5-11-19)14-18-12-8-17-9-13-18/h15-17H,1-14H2. The Kier molecular flexibility index (Phi) is 5.14. The minimum Gasteiger partial charge on any atom is -0.314 e. The fourth-order valence-electron chi connectivity index (χ4n) is 4.31. The number of nitrogens with one attached hydrogen (secondary N) is 1. The van der Waals surface area contributed by atoms with E-state index in [-0.39, 0.29) is 0 Å². The van der Waals surface area contributed by atoms with E-state index in [4.69, 9.17) is 0 Å². The van der Waals surface area contributed by atoms with E-state index in [1.807, 2.05) is 0 Å². The second-order valence-corrected chi connectivity index (χ2v) is 6.76. The zero-order chi connectivity index (χ0) is 12.9. The van der Waals surface area contributed by atoms with Crippen LogP contribution in [0, 0.1) is 5.92 Å². The van der Waals surface area contributed by atoms with E-state index in [0.717, 1.165) is 12.0 Å². The fourth-order valence-corrected chi connectivity index (χ4v) is 4.31. The molecular weight excluding hydrogens is 234 g/mol. The molecule has 3 rings (SSSR count). The molecule has 3 fully saturated rings. The molecule has 1 saturated carbocycles. The zero-order valence-electron chi connectivity index (χ0n) is 12.4. The largest absolute Gasteiger partial charge is 0.314 e. The fraction of sp³-hybridized carbons (Fsp3) is 1.00. The highest BCUT2D eigenvalue weighted by molar-refractivity contribution is 4.87. The summed E-state index contributed by atoms with van der Waals surface area (Å²) >= 11 is 0. The molecule has 3 aliphatic rings. The van der Waals surface area contributed by atoms with Gasteiger partial charge in [-0.2, -0.15) is 0 Å². The van der Waals surface area contributed by atoms with Gasteiger partial charge in [-0.05, 0) is 44.7 Å². The lowest BCUT2D eigenvalue weighted by molar-refractivity contribution is 0.0908. The van der Waals surface area contributed by atoms with Crippen LogP contribution >= 0.6 is 0 Å². The molecule has 3 nitrogen and oxygen atoms in total. The molecule has 2 aliphatic heterocycles. The van der Waals surface area contributed by atoms with Gasteiger partial charge < -0.3 is 5.32 Å². The Morgan fingerprint density at radius 2 is 1.53 bits per heavy atom. The van der Waals surface area contributed by atoms with Crippen LogP contribution in [0.5, 0.6) is 0 Å². The first kappa shape index (κ1) is 13.8. The van der Waals surface area contributed by atoms with Gasteiger partial charge in [0.1, 0.15) is 0 Å². The Morgan fingerprint density at radius 1 is 0.842 bits per heavy atom. The topological polar surface area (TPSA) is 18.5 Å². The maximum atomic E-state index is 3.48. The number of piperazine rings is 1. The third-order valence-corrected chi connectivity index (χ3v) is 5.46. The van der Waals surface area contributed by atoms with Gasteiger partial charge in [0, 0.05) is 38.8 Å². The van der Waals surface area contributed by atoms with Crippen molar-refractivity contribution < 1.29 is 0 Å². The van der Waals surface area contributed by atoms with Gasteiger partial charge in [0.05, 0.1) is 0 Å². The van der Waals surface area contributed by atoms with Crippen molar-refractivity contribution in [2.75, 3.05) is 45.8 Å². The quantitative estimate of drug-likeness (QED) is 0.838. The molecule has 0 aromatic carbocycles. The molecule has 2 saturated heterocycles. The van der Waals surface area contributed by atoms with Crippen LogP contribution in [0.3, 0.4) is 0 Å². The van der Waals surface area contributed by atoms with Gasteiger partial charge in [0.2, 0.25) is 0 Å². The van der Waals surface area contributed by atoms with Crippen molar-refractivity contribution in [3.63, 3.8) is 0 Å². The van der Waals surface area contributed by atoms with Crippen LogP contribution in [0.4, 0.5) is 0 Å². The molecule has 110 valence electrons. The lowest BCUT2D eigenvalue weighted by atomic mass is 9.83. The first-order valence-corrected chi connectivity index (χ1v) is 8.60. The third kappa shape index (κ3) is 3.71. The molecule has 0 aromatic heterocycles. The van der Waals surface area contributed by atoms with Crippen LogP contribution < -0.4 is 5.32 Å². The van der Waals surface area contributed by atoms with Gasteiger partial charge in [0.15, 0.2) is 0 Å². The highest BCUT2D eigenvalue weighted by Crippen LogP contribution is 2.31. The second-order valence-electron chi connectivity index (χ2n) is 6.76. The smallest absolute Gasteiger partial charge is 0.0251 e. The summed E-state index contributed by atoms with van der Waals surface area (Å²) in [6.07, 6.45) is 10.3. The molecule has 0 radical (unpaired) electrons. The Hall–Kier alpha value is -0.120. The summed E-state index contributed by atoms with van der Waals surface area (Å²) in [5.74, 6) is 0.988. The van der Waals surface area contributed by atoms with Gasteiger partial charge in [-0.15, -0.1) is 0 Å². The molecule has 2 heterocycles. The molecule has 19 heavy (non-hydrogen) atoms. The van der Waals surface area contributed by atoms with Crippen molar-refractivity contribution in [2.45, 2.75) is 51.0 Å². The SMILES string of the molecule is C1CCC(C(CN2CCNCC2)N2CCCC2)CC1. The van der Waals surface area contributed by atoms with Crippen molar-refractivity contribution in [3.8, 4) is 0 Å². The van der Waals surface area contributed by atoms with E-state index in [2.05, 4.69) is 15.1 Å². The number of nitrogens with zero attached hydrogens (tertiary/aromatic N) is 2. The van der Waals surface area contributed by atoms with Crippen molar-refractivity contribution in [2.24, 2.45) is 5.92 Å². The minimum atomic E-state index is 0.862. The molecule has 0 bridgehead atoms. The monoisotopic (exact) mass is 265 g/mol. The summed E-state index contributed by atoms with van der Waals surface area (Å²) in [6, 6.07) is 0.862. The first-order chi connectivity index (χ1) is 9.43. The lowest BCUT2D eigenvalue weighted by Gasteiger charge is -2.40. The van der Waals surface area contributed by atoms with Gasteiger partial charge in [0.25, 0.3) is 0 Å². The van der Waals surface area contributed by atoms with Crippen LogP contribution in [0.25, 0.3) is 0 Å². The third-order valence-electron chi connectivity index (χ3n) is 5.46. The van der Waals surface area contributed by atoms with E-state index in [9.17, 15) is 0 Å². The van der Waals surface area contributed by atoms with Crippen LogP contribution in [0.15, 0.2) is 0 Å². The van der Waals surface area contributed by atoms with Crippen molar-refractivity contribution in [3.05, 3.63) is 0 Å². The van der Waals surface area contributed by atoms with Gasteiger partial charge >= 0.3 is 0 Å². The molecular formula is C16H31N3. The van der Waals surface area contributed by atoms with E-state index in [1.54, 1.807) is 0 Å². The van der Waals surface area contributed by atoms with E-state index in [0.29, 0.717) is 0 Å². The number of hydrogen-bond acceptors (Lipinski definition) is 3. The average molecular weight is 265 g/mol. The molecule has 0 spiro atoms. The zero-order valence-corrected chi connectivity index (χ0v) is 12.4. The summed E-state index contributed by atoms with van der Waals surface area (Å²) in [5.41, 5.74) is 0. The molecule has 0 aromatic rings. The summed E-state index contributed by atoms with van der Waals surface area (Å²) in [7, 11) is 0. The molecule has 1 unspecified atom stereocenters. The Morgan fingerprint density at radius 3 is 2.21 bits per heavy atom. The molecule has 1 atom stereocenters. The predicted octanol–water partition coefficient (Wildman–Crippen LogP) is 1.94. The summed E-state index contributed by atoms with van der Waals surface area (Å²) in [6.45, 7) is 8.98. The maximum absolute atomic E-state index is 3.48. The van der Waals surface area contributed by atoms with E-state index in [1.165, 1.54) is 90.8 Å². The summed E-state index contributed by atoms with van der Waals surface area (Å²) < 4.78 is 0. The lowest BCUT2D eigenvalue weighted by Crippen LogP contribution is -2.52. The minimum absolute atomic E-state index is 0.862. The van der Waals surface area contributed by atoms with Crippen LogP contribution in [0.2, 0.25) is 0 Å². The Labute approximate surface area is 118 Å². The average Bonchev–Trinajstić information content (AvgIpc) is 3.01. The summed E-state index contributed by atoms with van der Waals surface area (Å²) in [5, 5.41) is 3.48. The number of hydrogen-bond donors (Lipinski definition) is 1. The highest BCUT2D eigenvalue weighted by atomic mass is 15.3. The van der Waals surface area contributed by atoms with Crippen LogP contribution in [-0.2, 0) is 0 Å². The molecule has 0 amide bonds. The predicted molar refractivity (Wildman–Crippen MR) is 80.5 cm³/mol. The first-order valence-electron chi connectivity index (χ1n) is 8.60. The van der Waals surface area contributed by atoms with E-state index >= 15 is 0 Å². The van der Waals surface area contributed by atoms with Crippen molar-refractivity contribution in [1.29, 1.82) is 0 Å². The molecule has 1 N–H and O–H groups in total. The van der Waals surface area contributed by atoms with Crippen molar-refractivity contribution in [1.82, 2.24) is 15.1 Å². The normalized spacial score (nSPS) is 29.7. The Balaban J connectivity index is 1.60. The van der Waals surface area contributed by atoms with E-state index < -0.39 is 0 Å². The van der Waals surface area contributed by atoms with Gasteiger partial charge in [-0.3, -0.25) is 9.80 Å². The van der Waals surface area contributed by atoms with Crippen LogP contribution in [-0.4, -0.2) is 61.7 Å². The highest BCUT2D eigenvalue weighted by Gasteiger charge is 2.31. The molecule has 1 aliphatic carbocycles. The maximum Gasteiger partial charge on any atom is 0.0251 e. The van der Waals surface area contributed by atoms with Crippen LogP contribution in [0.1, 0.15) is 44.9 Å². The van der Waals surface area contributed by atoms with Gasteiger partial charge in [-0.1, -0.05) is 19.3 Å². The number of rotatable bonds is 4. The molecule has 3 heteroatoms. The van der Waals surface area contributed by atoms with Crippen molar-refractivity contribution >= 4 is 0 Å². The second kappa shape index (κ2) is 7.05. The Bertz CT molecular complexity index is 251. The number of likely N-dealkylation sites (tertiary alicyclic amines) is 1. The van der Waals surface area contributed by atoms with Gasteiger partial charge in [-0.25, -0.2) is 0 Å².